The van der Waals surface area contributed by atoms with Crippen molar-refractivity contribution in [1.82, 2.24) is 10.2 Å². The zero-order chi connectivity index (χ0) is 15.5. The summed E-state index contributed by atoms with van der Waals surface area (Å²) in [6, 6.07) is 10.1. The van der Waals surface area contributed by atoms with E-state index in [2.05, 4.69) is 40.6 Å². The molecule has 5 heteroatoms. The average Bonchev–Trinajstić information content (AvgIpc) is 2.50. The van der Waals surface area contributed by atoms with Crippen molar-refractivity contribution >= 4 is 11.9 Å². The van der Waals surface area contributed by atoms with Crippen molar-refractivity contribution in [2.75, 3.05) is 20.1 Å². The van der Waals surface area contributed by atoms with Gasteiger partial charge >= 0.3 is 0 Å². The molecule has 3 N–H and O–H groups in total. The lowest BCUT2D eigenvalue weighted by atomic mass is 10.2. The first-order valence-corrected chi connectivity index (χ1v) is 6.75. The molecular weight excluding hydrogens is 262 g/mol. The molecule has 0 fully saturated rings. The fourth-order valence-corrected chi connectivity index (χ4v) is 1.66. The summed E-state index contributed by atoms with van der Waals surface area (Å²) in [5.74, 6) is 0.974. The summed E-state index contributed by atoms with van der Waals surface area (Å²) in [6.07, 6.45) is 3.41. The van der Waals surface area contributed by atoms with Gasteiger partial charge in [0.2, 0.25) is 5.96 Å². The van der Waals surface area contributed by atoms with Crippen LogP contribution in [0.4, 0.5) is 0 Å². The fraction of sp³-hybridized carbons (Fsp3) is 0.250. The first-order chi connectivity index (χ1) is 10.2. The molecule has 1 aromatic carbocycles. The molecule has 0 aliphatic carbocycles. The maximum absolute atomic E-state index is 5.82. The van der Waals surface area contributed by atoms with Gasteiger partial charge in [-0.25, -0.2) is 9.98 Å². The van der Waals surface area contributed by atoms with Gasteiger partial charge in [0, 0.05) is 13.6 Å². The quantitative estimate of drug-likeness (QED) is 0.475. The van der Waals surface area contributed by atoms with E-state index in [1.807, 2.05) is 30.1 Å². The third kappa shape index (κ3) is 6.42. The number of nitrogens with one attached hydrogen (secondary N) is 1. The largest absolute Gasteiger partial charge is 0.370 e. The molecule has 0 radical (unpaired) electrons. The predicted molar refractivity (Wildman–Crippen MR) is 90.2 cm³/mol. The van der Waals surface area contributed by atoms with Crippen molar-refractivity contribution < 1.29 is 0 Å². The summed E-state index contributed by atoms with van der Waals surface area (Å²) >= 11 is 0. The first-order valence-electron chi connectivity index (χ1n) is 6.75. The van der Waals surface area contributed by atoms with Gasteiger partial charge in [-0.05, 0) is 5.56 Å². The standard InChI is InChI=1S/C16H23N5/c1-4-11-18-15(17)20-16(19-12-5-2)21(3)13-14-9-7-6-8-10-14/h4-10H,1-2,11-13H2,3H3,(H3,17,18,19,20). The Balaban J connectivity index is 2.76. The lowest BCUT2D eigenvalue weighted by Gasteiger charge is -2.22. The van der Waals surface area contributed by atoms with Crippen molar-refractivity contribution in [3.8, 4) is 0 Å². The van der Waals surface area contributed by atoms with E-state index in [9.17, 15) is 0 Å². The van der Waals surface area contributed by atoms with Gasteiger partial charge in [-0.1, -0.05) is 42.5 Å². The van der Waals surface area contributed by atoms with Crippen molar-refractivity contribution in [3.05, 3.63) is 61.2 Å². The number of guanidine groups is 2. The molecule has 0 bridgehead atoms. The maximum Gasteiger partial charge on any atom is 0.201 e. The third-order valence-corrected chi connectivity index (χ3v) is 2.62. The topological polar surface area (TPSA) is 66.0 Å². The lowest BCUT2D eigenvalue weighted by Crippen LogP contribution is -2.45. The fourth-order valence-electron chi connectivity index (χ4n) is 1.66. The zero-order valence-corrected chi connectivity index (χ0v) is 12.5. The van der Waals surface area contributed by atoms with Crippen LogP contribution in [0, 0.1) is 0 Å². The van der Waals surface area contributed by atoms with E-state index in [1.54, 1.807) is 12.2 Å². The summed E-state index contributed by atoms with van der Waals surface area (Å²) in [5.41, 5.74) is 7.01. The van der Waals surface area contributed by atoms with Gasteiger partial charge in [0.25, 0.3) is 0 Å². The molecule has 0 spiro atoms. The second-order valence-corrected chi connectivity index (χ2v) is 4.43. The minimum atomic E-state index is 0.317. The van der Waals surface area contributed by atoms with E-state index in [1.165, 1.54) is 5.56 Å². The van der Waals surface area contributed by atoms with Gasteiger partial charge in [0.15, 0.2) is 5.96 Å². The van der Waals surface area contributed by atoms with Gasteiger partial charge in [0.05, 0.1) is 13.1 Å². The molecule has 5 nitrogen and oxygen atoms in total. The predicted octanol–water partition coefficient (Wildman–Crippen LogP) is 1.75. The molecule has 0 amide bonds. The van der Waals surface area contributed by atoms with E-state index < -0.39 is 0 Å². The zero-order valence-electron chi connectivity index (χ0n) is 12.5. The number of hydrogen-bond donors (Lipinski definition) is 2. The summed E-state index contributed by atoms with van der Waals surface area (Å²) in [5, 5.41) is 3.01. The highest BCUT2D eigenvalue weighted by molar-refractivity contribution is 5.97. The normalized spacial score (nSPS) is 11.9. The highest BCUT2D eigenvalue weighted by Crippen LogP contribution is 2.02. The summed E-state index contributed by atoms with van der Waals surface area (Å²) < 4.78 is 0. The number of rotatable bonds is 6. The van der Waals surface area contributed by atoms with Crippen molar-refractivity contribution in [1.29, 1.82) is 0 Å². The van der Waals surface area contributed by atoms with Crippen LogP contribution in [0.5, 0.6) is 0 Å². The lowest BCUT2D eigenvalue weighted by molar-refractivity contribution is 0.486. The molecule has 0 aliphatic heterocycles. The third-order valence-electron chi connectivity index (χ3n) is 2.62. The molecule has 0 unspecified atom stereocenters. The average molecular weight is 285 g/mol. The molecule has 1 rings (SSSR count). The maximum atomic E-state index is 5.82. The number of nitrogens with zero attached hydrogens (tertiary/aromatic N) is 3. The number of nitrogens with two attached hydrogens (primary N) is 1. The van der Waals surface area contributed by atoms with Crippen molar-refractivity contribution in [2.24, 2.45) is 15.7 Å². The molecule has 21 heavy (non-hydrogen) atoms. The summed E-state index contributed by atoms with van der Waals surface area (Å²) in [4.78, 5) is 10.5. The molecule has 0 atom stereocenters. The van der Waals surface area contributed by atoms with Crippen LogP contribution in [0.15, 0.2) is 65.6 Å². The molecule has 0 heterocycles. The van der Waals surface area contributed by atoms with Gasteiger partial charge in [-0.2, -0.15) is 0 Å². The highest BCUT2D eigenvalue weighted by Gasteiger charge is 2.08. The number of benzene rings is 1. The summed E-state index contributed by atoms with van der Waals surface area (Å²) in [7, 11) is 1.95. The SMILES string of the molecule is C=CCN=C(N)NC(=NCC=C)N(C)Cc1ccccc1. The Hall–Kier alpha value is -2.56. The van der Waals surface area contributed by atoms with E-state index in [4.69, 9.17) is 5.73 Å². The number of hydrogen-bond acceptors (Lipinski definition) is 2. The summed E-state index contributed by atoms with van der Waals surface area (Å²) in [6.45, 7) is 8.98. The Morgan fingerprint density at radius 3 is 2.43 bits per heavy atom. The Labute approximate surface area is 126 Å². The molecule has 0 saturated carbocycles. The van der Waals surface area contributed by atoms with Crippen LogP contribution in [-0.4, -0.2) is 37.0 Å². The first kappa shape index (κ1) is 16.5. The van der Waals surface area contributed by atoms with E-state index >= 15 is 0 Å². The minimum absolute atomic E-state index is 0.317. The highest BCUT2D eigenvalue weighted by atomic mass is 15.3. The van der Waals surface area contributed by atoms with Crippen LogP contribution in [0.3, 0.4) is 0 Å². The Bertz CT molecular complexity index is 505. The van der Waals surface area contributed by atoms with Gasteiger partial charge in [-0.3, -0.25) is 5.32 Å². The Kier molecular flexibility index (Phi) is 7.35. The Morgan fingerprint density at radius 2 is 1.81 bits per heavy atom. The van der Waals surface area contributed by atoms with Crippen LogP contribution in [0.2, 0.25) is 0 Å². The molecule has 112 valence electrons. The van der Waals surface area contributed by atoms with E-state index in [-0.39, 0.29) is 0 Å². The smallest absolute Gasteiger partial charge is 0.201 e. The van der Waals surface area contributed by atoms with E-state index in [0.717, 1.165) is 6.54 Å². The van der Waals surface area contributed by atoms with Gasteiger partial charge in [0.1, 0.15) is 0 Å². The molecule has 0 saturated heterocycles. The molecule has 1 aromatic rings. The Morgan fingerprint density at radius 1 is 1.19 bits per heavy atom. The van der Waals surface area contributed by atoms with Crippen LogP contribution >= 0.6 is 0 Å². The van der Waals surface area contributed by atoms with Crippen LogP contribution < -0.4 is 11.1 Å². The monoisotopic (exact) mass is 285 g/mol. The second kappa shape index (κ2) is 9.36. The van der Waals surface area contributed by atoms with Gasteiger partial charge in [-0.15, -0.1) is 13.2 Å². The van der Waals surface area contributed by atoms with Crippen LogP contribution in [0.25, 0.3) is 0 Å². The minimum Gasteiger partial charge on any atom is -0.370 e. The van der Waals surface area contributed by atoms with Gasteiger partial charge < -0.3 is 10.6 Å². The van der Waals surface area contributed by atoms with E-state index in [0.29, 0.717) is 25.0 Å². The van der Waals surface area contributed by atoms with Crippen LogP contribution in [-0.2, 0) is 6.54 Å². The van der Waals surface area contributed by atoms with Crippen molar-refractivity contribution in [2.45, 2.75) is 6.54 Å². The number of aliphatic imine (C=N–C) groups is 2. The van der Waals surface area contributed by atoms with Crippen LogP contribution in [0.1, 0.15) is 5.56 Å². The van der Waals surface area contributed by atoms with Crippen molar-refractivity contribution in [3.63, 3.8) is 0 Å². The molecular formula is C16H23N5. The molecule has 0 aromatic heterocycles. The molecule has 0 aliphatic rings. The second-order valence-electron chi connectivity index (χ2n) is 4.43.